The van der Waals surface area contributed by atoms with Crippen LogP contribution < -0.4 is 5.32 Å². The van der Waals surface area contributed by atoms with E-state index in [1.54, 1.807) is 0 Å². The highest BCUT2D eigenvalue weighted by Gasteiger charge is 2.45. The van der Waals surface area contributed by atoms with Gasteiger partial charge in [0.05, 0.1) is 12.6 Å². The van der Waals surface area contributed by atoms with Gasteiger partial charge in [0.15, 0.2) is 0 Å². The van der Waals surface area contributed by atoms with E-state index in [-0.39, 0.29) is 18.1 Å². The van der Waals surface area contributed by atoms with Crippen molar-refractivity contribution in [3.8, 4) is 0 Å². The molecular formula is C14H19NO2. The number of carbonyl (C=O) groups excluding carboxylic acids is 1. The van der Waals surface area contributed by atoms with Crippen LogP contribution in [0.2, 0.25) is 0 Å². The van der Waals surface area contributed by atoms with Crippen LogP contribution in [0.25, 0.3) is 0 Å². The van der Waals surface area contributed by atoms with E-state index in [1.165, 1.54) is 22.3 Å². The van der Waals surface area contributed by atoms with Crippen molar-refractivity contribution in [2.24, 2.45) is 0 Å². The van der Waals surface area contributed by atoms with Gasteiger partial charge in [0.2, 0.25) is 0 Å². The summed E-state index contributed by atoms with van der Waals surface area (Å²) < 4.78 is 5.02. The van der Waals surface area contributed by atoms with Crippen molar-refractivity contribution in [3.05, 3.63) is 34.4 Å². The summed E-state index contributed by atoms with van der Waals surface area (Å²) in [4.78, 5) is 11.6. The lowest BCUT2D eigenvalue weighted by molar-refractivity contribution is -0.142. The van der Waals surface area contributed by atoms with Gasteiger partial charge in [-0.2, -0.15) is 0 Å². The number of hydrogen-bond donors (Lipinski definition) is 1. The van der Waals surface area contributed by atoms with E-state index in [0.717, 1.165) is 0 Å². The van der Waals surface area contributed by atoms with Gasteiger partial charge in [-0.15, -0.1) is 0 Å². The van der Waals surface area contributed by atoms with Gasteiger partial charge in [0, 0.05) is 0 Å². The Kier molecular flexibility index (Phi) is 3.20. The lowest BCUT2D eigenvalue weighted by Gasteiger charge is -2.09. The second kappa shape index (κ2) is 4.49. The standard InChI is InChI=1S/C14H19NO2/c1-5-17-14(16)13-12(15-13)11-9(3)6-8(2)7-10(11)4/h6-7,12-13,15H,5H2,1-4H3. The Bertz CT molecular complexity index is 431. The Labute approximate surface area is 102 Å². The number of aryl methyl sites for hydroxylation is 3. The third kappa shape index (κ3) is 2.34. The minimum atomic E-state index is -0.157. The molecule has 3 heteroatoms. The number of benzene rings is 1. The monoisotopic (exact) mass is 233 g/mol. The van der Waals surface area contributed by atoms with Gasteiger partial charge in [0.25, 0.3) is 0 Å². The van der Waals surface area contributed by atoms with Crippen molar-refractivity contribution < 1.29 is 9.53 Å². The van der Waals surface area contributed by atoms with Crippen LogP contribution in [0.1, 0.15) is 35.2 Å². The average Bonchev–Trinajstić information content (AvgIpc) is 2.96. The molecule has 0 amide bonds. The lowest BCUT2D eigenvalue weighted by Crippen LogP contribution is -2.14. The van der Waals surface area contributed by atoms with Crippen molar-refractivity contribution in [1.29, 1.82) is 0 Å². The molecule has 2 atom stereocenters. The van der Waals surface area contributed by atoms with E-state index >= 15 is 0 Å². The van der Waals surface area contributed by atoms with E-state index in [2.05, 4.69) is 38.2 Å². The van der Waals surface area contributed by atoms with Gasteiger partial charge < -0.3 is 4.74 Å². The zero-order valence-electron chi connectivity index (χ0n) is 10.8. The van der Waals surface area contributed by atoms with Crippen molar-refractivity contribution in [2.45, 2.75) is 39.8 Å². The van der Waals surface area contributed by atoms with Crippen molar-refractivity contribution in [1.82, 2.24) is 5.32 Å². The quantitative estimate of drug-likeness (QED) is 0.643. The zero-order chi connectivity index (χ0) is 12.6. The fraction of sp³-hybridized carbons (Fsp3) is 0.500. The first kappa shape index (κ1) is 12.1. The third-order valence-corrected chi connectivity index (χ3v) is 3.17. The molecule has 92 valence electrons. The maximum Gasteiger partial charge on any atom is 0.325 e. The Morgan fingerprint density at radius 1 is 1.29 bits per heavy atom. The second-order valence-electron chi connectivity index (χ2n) is 4.69. The smallest absolute Gasteiger partial charge is 0.325 e. The summed E-state index contributed by atoms with van der Waals surface area (Å²) in [6.45, 7) is 8.55. The van der Waals surface area contributed by atoms with Gasteiger partial charge in [-0.25, -0.2) is 0 Å². The maximum absolute atomic E-state index is 11.6. The van der Waals surface area contributed by atoms with E-state index in [9.17, 15) is 4.79 Å². The number of hydrogen-bond acceptors (Lipinski definition) is 3. The molecule has 1 heterocycles. The third-order valence-electron chi connectivity index (χ3n) is 3.17. The molecule has 1 aliphatic heterocycles. The molecule has 1 aromatic rings. The highest BCUT2D eigenvalue weighted by atomic mass is 16.5. The number of rotatable bonds is 3. The largest absolute Gasteiger partial charge is 0.465 e. The molecule has 0 bridgehead atoms. The molecular weight excluding hydrogens is 214 g/mol. The maximum atomic E-state index is 11.6. The van der Waals surface area contributed by atoms with Crippen LogP contribution in [0.15, 0.2) is 12.1 Å². The lowest BCUT2D eigenvalue weighted by atomic mass is 9.96. The highest BCUT2D eigenvalue weighted by Crippen LogP contribution is 2.35. The van der Waals surface area contributed by atoms with E-state index < -0.39 is 0 Å². The van der Waals surface area contributed by atoms with E-state index in [0.29, 0.717) is 6.61 Å². The molecule has 0 spiro atoms. The first-order valence-corrected chi connectivity index (χ1v) is 6.05. The minimum Gasteiger partial charge on any atom is -0.465 e. The van der Waals surface area contributed by atoms with Gasteiger partial charge in [-0.05, 0) is 44.4 Å². The predicted molar refractivity (Wildman–Crippen MR) is 67.0 cm³/mol. The van der Waals surface area contributed by atoms with Gasteiger partial charge in [0.1, 0.15) is 6.04 Å². The Balaban J connectivity index is 2.19. The summed E-state index contributed by atoms with van der Waals surface area (Å²) in [5, 5.41) is 3.20. The van der Waals surface area contributed by atoms with Crippen LogP contribution in [0.4, 0.5) is 0 Å². The molecule has 2 rings (SSSR count). The van der Waals surface area contributed by atoms with Gasteiger partial charge in [-0.1, -0.05) is 17.7 Å². The normalized spacial score (nSPS) is 22.4. The van der Waals surface area contributed by atoms with Crippen molar-refractivity contribution >= 4 is 5.97 Å². The van der Waals surface area contributed by atoms with Crippen LogP contribution in [0, 0.1) is 20.8 Å². The number of nitrogens with one attached hydrogen (secondary N) is 1. The number of esters is 1. The second-order valence-corrected chi connectivity index (χ2v) is 4.69. The molecule has 1 fully saturated rings. The van der Waals surface area contributed by atoms with Crippen LogP contribution >= 0.6 is 0 Å². The summed E-state index contributed by atoms with van der Waals surface area (Å²) in [6, 6.07) is 4.29. The zero-order valence-corrected chi connectivity index (χ0v) is 10.8. The number of carbonyl (C=O) groups is 1. The average molecular weight is 233 g/mol. The fourth-order valence-electron chi connectivity index (χ4n) is 2.51. The van der Waals surface area contributed by atoms with Crippen LogP contribution in [-0.2, 0) is 9.53 Å². The molecule has 1 aromatic carbocycles. The summed E-state index contributed by atoms with van der Waals surface area (Å²) in [5.41, 5.74) is 4.99. The molecule has 1 saturated heterocycles. The highest BCUT2D eigenvalue weighted by molar-refractivity contribution is 5.81. The minimum absolute atomic E-state index is 0.134. The van der Waals surface area contributed by atoms with Crippen LogP contribution in [-0.4, -0.2) is 18.6 Å². The van der Waals surface area contributed by atoms with Crippen LogP contribution in [0.5, 0.6) is 0 Å². The Hall–Kier alpha value is -1.35. The molecule has 2 unspecified atom stereocenters. The van der Waals surface area contributed by atoms with Crippen LogP contribution in [0.3, 0.4) is 0 Å². The molecule has 1 N–H and O–H groups in total. The van der Waals surface area contributed by atoms with E-state index in [1.807, 2.05) is 6.92 Å². The topological polar surface area (TPSA) is 48.2 Å². The molecule has 0 radical (unpaired) electrons. The van der Waals surface area contributed by atoms with Gasteiger partial charge >= 0.3 is 5.97 Å². The molecule has 3 nitrogen and oxygen atoms in total. The summed E-state index contributed by atoms with van der Waals surface area (Å²) in [6.07, 6.45) is 0. The Morgan fingerprint density at radius 3 is 2.41 bits per heavy atom. The molecule has 17 heavy (non-hydrogen) atoms. The SMILES string of the molecule is CCOC(=O)C1NC1c1c(C)cc(C)cc1C. The van der Waals surface area contributed by atoms with Crippen molar-refractivity contribution in [3.63, 3.8) is 0 Å². The number of ether oxygens (including phenoxy) is 1. The summed E-state index contributed by atoms with van der Waals surface area (Å²) >= 11 is 0. The predicted octanol–water partition coefficient (Wildman–Crippen LogP) is 2.19. The molecule has 1 aliphatic rings. The van der Waals surface area contributed by atoms with E-state index in [4.69, 9.17) is 4.74 Å². The molecule has 0 aromatic heterocycles. The molecule has 0 aliphatic carbocycles. The van der Waals surface area contributed by atoms with Gasteiger partial charge in [-0.3, -0.25) is 10.1 Å². The van der Waals surface area contributed by atoms with Crippen molar-refractivity contribution in [2.75, 3.05) is 6.61 Å². The summed E-state index contributed by atoms with van der Waals surface area (Å²) in [7, 11) is 0. The fourth-order valence-corrected chi connectivity index (χ4v) is 2.51. The first-order chi connectivity index (χ1) is 8.04. The summed E-state index contributed by atoms with van der Waals surface area (Å²) in [5.74, 6) is -0.142. The molecule has 0 saturated carbocycles. The first-order valence-electron chi connectivity index (χ1n) is 6.05. The Morgan fingerprint density at radius 2 is 1.88 bits per heavy atom.